The summed E-state index contributed by atoms with van der Waals surface area (Å²) in [5, 5.41) is 14.7. The summed E-state index contributed by atoms with van der Waals surface area (Å²) in [6.45, 7) is 9.85. The van der Waals surface area contributed by atoms with E-state index in [0.29, 0.717) is 0 Å². The maximum Gasteiger partial charge on any atom is 0.143 e. The van der Waals surface area contributed by atoms with Gasteiger partial charge < -0.3 is 10.1 Å². The highest BCUT2D eigenvalue weighted by Gasteiger charge is 2.18. The number of benzene rings is 1. The molecule has 0 aliphatic carbocycles. The Morgan fingerprint density at radius 2 is 2.19 bits per heavy atom. The minimum Gasteiger partial charge on any atom is -0.375 e. The molecule has 21 heavy (non-hydrogen) atoms. The lowest BCUT2D eigenvalue weighted by Crippen LogP contribution is -2.38. The van der Waals surface area contributed by atoms with Gasteiger partial charge in [0.25, 0.3) is 0 Å². The molecule has 0 radical (unpaired) electrons. The fourth-order valence-corrected chi connectivity index (χ4v) is 2.17. The second kappa shape index (κ2) is 6.78. The van der Waals surface area contributed by atoms with Gasteiger partial charge in [-0.05, 0) is 55.8 Å². The Hall–Kier alpha value is -1.79. The third kappa shape index (κ3) is 4.34. The summed E-state index contributed by atoms with van der Waals surface area (Å²) in [4.78, 5) is 0. The number of hydrogen-bond acceptors (Lipinski definition) is 5. The summed E-state index contributed by atoms with van der Waals surface area (Å²) < 4.78 is 7.36. The minimum atomic E-state index is -0.170. The van der Waals surface area contributed by atoms with E-state index < -0.39 is 0 Å². The van der Waals surface area contributed by atoms with Gasteiger partial charge in [-0.1, -0.05) is 12.1 Å². The Balaban J connectivity index is 2.03. The SMILES string of the molecule is CCOC(C)(C)CNC(C)c1cccc(-n2cnnn2)c1. The molecule has 1 aromatic carbocycles. The number of rotatable bonds is 7. The Kier molecular flexibility index (Phi) is 5.03. The lowest BCUT2D eigenvalue weighted by atomic mass is 10.1. The topological polar surface area (TPSA) is 64.9 Å². The zero-order valence-electron chi connectivity index (χ0n) is 13.1. The van der Waals surface area contributed by atoms with E-state index in [0.717, 1.165) is 18.8 Å². The molecule has 2 aromatic rings. The van der Waals surface area contributed by atoms with Crippen molar-refractivity contribution in [2.75, 3.05) is 13.2 Å². The van der Waals surface area contributed by atoms with Crippen LogP contribution in [0.25, 0.3) is 5.69 Å². The Morgan fingerprint density at radius 3 is 2.86 bits per heavy atom. The van der Waals surface area contributed by atoms with Crippen LogP contribution in [0.1, 0.15) is 39.3 Å². The molecule has 6 heteroatoms. The van der Waals surface area contributed by atoms with Crippen molar-refractivity contribution in [1.82, 2.24) is 25.5 Å². The molecule has 0 spiro atoms. The molecule has 0 aliphatic heterocycles. The molecule has 0 saturated heterocycles. The van der Waals surface area contributed by atoms with E-state index in [1.807, 2.05) is 19.1 Å². The molecule has 0 amide bonds. The third-order valence-corrected chi connectivity index (χ3v) is 3.35. The fourth-order valence-electron chi connectivity index (χ4n) is 2.17. The van der Waals surface area contributed by atoms with Crippen LogP contribution in [0.15, 0.2) is 30.6 Å². The van der Waals surface area contributed by atoms with Crippen molar-refractivity contribution in [1.29, 1.82) is 0 Å². The predicted molar refractivity (Wildman–Crippen MR) is 81.3 cm³/mol. The lowest BCUT2D eigenvalue weighted by molar-refractivity contribution is -0.0103. The number of nitrogens with zero attached hydrogens (tertiary/aromatic N) is 4. The van der Waals surface area contributed by atoms with Gasteiger partial charge >= 0.3 is 0 Å². The van der Waals surface area contributed by atoms with Crippen molar-refractivity contribution < 1.29 is 4.74 Å². The van der Waals surface area contributed by atoms with Crippen LogP contribution in [0.2, 0.25) is 0 Å². The van der Waals surface area contributed by atoms with Gasteiger partial charge in [0.05, 0.1) is 11.3 Å². The zero-order chi connectivity index (χ0) is 15.3. The average Bonchev–Trinajstić information content (AvgIpc) is 2.99. The van der Waals surface area contributed by atoms with Crippen molar-refractivity contribution in [2.45, 2.75) is 39.3 Å². The first-order chi connectivity index (χ1) is 10.0. The molecule has 1 atom stereocenters. The molecule has 0 aliphatic rings. The van der Waals surface area contributed by atoms with Crippen LogP contribution < -0.4 is 5.32 Å². The van der Waals surface area contributed by atoms with Gasteiger partial charge in [-0.3, -0.25) is 0 Å². The van der Waals surface area contributed by atoms with E-state index in [4.69, 9.17) is 4.74 Å². The van der Waals surface area contributed by atoms with E-state index in [2.05, 4.69) is 53.7 Å². The van der Waals surface area contributed by atoms with Gasteiger partial charge in [0, 0.05) is 19.2 Å². The van der Waals surface area contributed by atoms with Crippen molar-refractivity contribution in [3.8, 4) is 5.69 Å². The molecule has 6 nitrogen and oxygen atoms in total. The second-order valence-corrected chi connectivity index (χ2v) is 5.64. The van der Waals surface area contributed by atoms with Crippen LogP contribution in [-0.2, 0) is 4.74 Å². The first-order valence-corrected chi connectivity index (χ1v) is 7.22. The van der Waals surface area contributed by atoms with Crippen molar-refractivity contribution in [2.24, 2.45) is 0 Å². The standard InChI is InChI=1S/C15H23N5O/c1-5-21-15(3,4)10-16-12(2)13-7-6-8-14(9-13)20-11-17-18-19-20/h6-9,11-12,16H,5,10H2,1-4H3. The Labute approximate surface area is 125 Å². The summed E-state index contributed by atoms with van der Waals surface area (Å²) in [6.07, 6.45) is 1.59. The largest absolute Gasteiger partial charge is 0.375 e. The number of aromatic nitrogens is 4. The number of tetrazole rings is 1. The molecule has 2 rings (SSSR count). The van der Waals surface area contributed by atoms with Crippen molar-refractivity contribution in [3.05, 3.63) is 36.2 Å². The summed E-state index contributed by atoms with van der Waals surface area (Å²) >= 11 is 0. The fraction of sp³-hybridized carbons (Fsp3) is 0.533. The number of nitrogens with one attached hydrogen (secondary N) is 1. The minimum absolute atomic E-state index is 0.170. The summed E-state index contributed by atoms with van der Waals surface area (Å²) in [6, 6.07) is 8.40. The third-order valence-electron chi connectivity index (χ3n) is 3.35. The van der Waals surface area contributed by atoms with Gasteiger partial charge in [0.15, 0.2) is 0 Å². The molecule has 0 fully saturated rings. The molecular weight excluding hydrogens is 266 g/mol. The van der Waals surface area contributed by atoms with Gasteiger partial charge in [-0.25, -0.2) is 4.68 Å². The highest BCUT2D eigenvalue weighted by molar-refractivity contribution is 5.35. The highest BCUT2D eigenvalue weighted by atomic mass is 16.5. The summed E-state index contributed by atoms with van der Waals surface area (Å²) in [5.41, 5.74) is 1.97. The molecule has 1 aromatic heterocycles. The van der Waals surface area contributed by atoms with Crippen LogP contribution in [0.5, 0.6) is 0 Å². The predicted octanol–water partition coefficient (Wildman–Crippen LogP) is 2.13. The Morgan fingerprint density at radius 1 is 1.38 bits per heavy atom. The van der Waals surface area contributed by atoms with Crippen molar-refractivity contribution >= 4 is 0 Å². The quantitative estimate of drug-likeness (QED) is 0.846. The first-order valence-electron chi connectivity index (χ1n) is 7.22. The van der Waals surface area contributed by atoms with Crippen LogP contribution >= 0.6 is 0 Å². The highest BCUT2D eigenvalue weighted by Crippen LogP contribution is 2.17. The van der Waals surface area contributed by atoms with E-state index in [1.54, 1.807) is 11.0 Å². The van der Waals surface area contributed by atoms with Crippen LogP contribution in [0.3, 0.4) is 0 Å². The van der Waals surface area contributed by atoms with Gasteiger partial charge in [-0.15, -0.1) is 5.10 Å². The van der Waals surface area contributed by atoms with Crippen LogP contribution in [0, 0.1) is 0 Å². The van der Waals surface area contributed by atoms with Crippen LogP contribution in [0.4, 0.5) is 0 Å². The molecule has 0 bridgehead atoms. The van der Waals surface area contributed by atoms with E-state index in [-0.39, 0.29) is 11.6 Å². The maximum absolute atomic E-state index is 5.71. The molecule has 1 N–H and O–H groups in total. The monoisotopic (exact) mass is 289 g/mol. The second-order valence-electron chi connectivity index (χ2n) is 5.64. The van der Waals surface area contributed by atoms with E-state index in [1.165, 1.54) is 5.56 Å². The number of ether oxygens (including phenoxy) is 1. The van der Waals surface area contributed by atoms with E-state index in [9.17, 15) is 0 Å². The van der Waals surface area contributed by atoms with Gasteiger partial charge in [0.2, 0.25) is 0 Å². The smallest absolute Gasteiger partial charge is 0.143 e. The van der Waals surface area contributed by atoms with E-state index >= 15 is 0 Å². The number of hydrogen-bond donors (Lipinski definition) is 1. The first kappa shape index (κ1) is 15.6. The molecule has 1 heterocycles. The Bertz CT molecular complexity index is 553. The summed E-state index contributed by atoms with van der Waals surface area (Å²) in [5.74, 6) is 0. The molecular formula is C15H23N5O. The average molecular weight is 289 g/mol. The molecule has 1 unspecified atom stereocenters. The zero-order valence-corrected chi connectivity index (χ0v) is 13.1. The lowest BCUT2D eigenvalue weighted by Gasteiger charge is -2.27. The summed E-state index contributed by atoms with van der Waals surface area (Å²) in [7, 11) is 0. The maximum atomic E-state index is 5.71. The van der Waals surface area contributed by atoms with Crippen molar-refractivity contribution in [3.63, 3.8) is 0 Å². The van der Waals surface area contributed by atoms with Gasteiger partial charge in [-0.2, -0.15) is 0 Å². The molecule has 114 valence electrons. The molecule has 0 saturated carbocycles. The van der Waals surface area contributed by atoms with Crippen LogP contribution in [-0.4, -0.2) is 39.0 Å². The normalized spacial score (nSPS) is 13.3. The van der Waals surface area contributed by atoms with Gasteiger partial charge in [0.1, 0.15) is 6.33 Å².